The van der Waals surface area contributed by atoms with Crippen LogP contribution < -0.4 is 14.3 Å². The number of rotatable bonds is 8. The van der Waals surface area contributed by atoms with Crippen molar-refractivity contribution in [3.63, 3.8) is 0 Å². The summed E-state index contributed by atoms with van der Waals surface area (Å²) < 4.78 is 26.4. The van der Waals surface area contributed by atoms with Crippen molar-refractivity contribution in [3.8, 4) is 6.01 Å². The first-order valence-electron chi connectivity index (χ1n) is 8.15. The fourth-order valence-electron chi connectivity index (χ4n) is 2.22. The Morgan fingerprint density at radius 2 is 2.03 bits per heavy atom. The zero-order valence-electron chi connectivity index (χ0n) is 15.0. The van der Waals surface area contributed by atoms with Crippen LogP contribution in [0.2, 0.25) is 0 Å². The van der Waals surface area contributed by atoms with Crippen molar-refractivity contribution in [2.75, 3.05) is 6.61 Å². The molecule has 0 amide bonds. The van der Waals surface area contributed by atoms with Crippen molar-refractivity contribution < 1.29 is 62.2 Å². The van der Waals surface area contributed by atoms with Gasteiger partial charge in [-0.15, -0.1) is 0 Å². The van der Waals surface area contributed by atoms with Gasteiger partial charge in [0.05, 0.1) is 13.1 Å². The Bertz CT molecular complexity index is 794. The third-order valence-corrected chi connectivity index (χ3v) is 3.55. The van der Waals surface area contributed by atoms with E-state index in [1.54, 1.807) is 13.1 Å². The van der Waals surface area contributed by atoms with Crippen LogP contribution in [0.5, 0.6) is 6.01 Å². The van der Waals surface area contributed by atoms with E-state index in [0.717, 1.165) is 0 Å². The molecule has 1 aromatic rings. The zero-order valence-corrected chi connectivity index (χ0v) is 15.0. The first-order chi connectivity index (χ1) is 13.7. The normalized spacial score (nSPS) is 15.1. The predicted molar refractivity (Wildman–Crippen MR) is 82.3 cm³/mol. The van der Waals surface area contributed by atoms with Gasteiger partial charge in [-0.2, -0.15) is 9.13 Å². The van der Waals surface area contributed by atoms with Gasteiger partial charge in [-0.1, -0.05) is 0 Å². The van der Waals surface area contributed by atoms with E-state index in [0.29, 0.717) is 13.0 Å². The lowest BCUT2D eigenvalue weighted by Crippen LogP contribution is -2.46. The third-order valence-electron chi connectivity index (χ3n) is 3.55. The Kier molecular flexibility index (Phi) is 7.00. The minimum absolute atomic E-state index is 0.0617. The molecule has 15 heteroatoms. The molecule has 2 rings (SSSR count). The first kappa shape index (κ1) is 21.5. The van der Waals surface area contributed by atoms with Gasteiger partial charge in [-0.3, -0.25) is 0 Å². The van der Waals surface area contributed by atoms with E-state index in [-0.39, 0.29) is 19.2 Å². The lowest BCUT2D eigenvalue weighted by molar-refractivity contribution is -0.700. The highest BCUT2D eigenvalue weighted by Crippen LogP contribution is 2.13. The molecule has 0 spiro atoms. The monoisotopic (exact) mass is 414 g/mol. The number of carbonyl (C=O) groups is 5. The fourth-order valence-corrected chi connectivity index (χ4v) is 2.22. The van der Waals surface area contributed by atoms with Crippen LogP contribution in [0.25, 0.3) is 0 Å². The maximum Gasteiger partial charge on any atom is 0.873 e. The number of hydrogen-bond acceptors (Lipinski definition) is 11. The number of hydrogen-bond donors (Lipinski definition) is 1. The summed E-state index contributed by atoms with van der Waals surface area (Å²) in [5, 5.41) is 19.2. The molecule has 1 fully saturated rings. The Balaban J connectivity index is 2.16. The number of cyclic esters (lactones) is 2. The summed E-state index contributed by atoms with van der Waals surface area (Å²) in [6, 6.07) is -0.0629. The third kappa shape index (κ3) is 5.85. The minimum atomic E-state index is -2.32. The average molecular weight is 414 g/mol. The van der Waals surface area contributed by atoms with E-state index in [1.807, 2.05) is 0 Å². The van der Waals surface area contributed by atoms with Crippen molar-refractivity contribution in [2.45, 2.75) is 32.5 Å². The molecular formula is C14H15BN2O12. The van der Waals surface area contributed by atoms with Crippen molar-refractivity contribution in [1.82, 2.24) is 4.57 Å². The molecule has 1 aliphatic rings. The Hall–Kier alpha value is -3.78. The van der Waals surface area contributed by atoms with Gasteiger partial charge >= 0.3 is 37.4 Å². The SMILES string of the molecule is CCn1cc[n+](CCC2COC(=O)O2)c1OB(OC(=O)C(=O)[O-])OC(=O)C(=O)O. The number of carbonyl (C=O) groups excluding carboxylic acids is 4. The maximum atomic E-state index is 11.3. The first-order valence-corrected chi connectivity index (χ1v) is 8.15. The number of aromatic nitrogens is 2. The smallest absolute Gasteiger partial charge is 0.539 e. The van der Waals surface area contributed by atoms with Crippen LogP contribution in [-0.4, -0.2) is 59.7 Å². The largest absolute Gasteiger partial charge is 0.873 e. The summed E-state index contributed by atoms with van der Waals surface area (Å²) >= 11 is 0. The van der Waals surface area contributed by atoms with E-state index in [4.69, 9.17) is 14.5 Å². The van der Waals surface area contributed by atoms with E-state index in [2.05, 4.69) is 14.0 Å². The summed E-state index contributed by atoms with van der Waals surface area (Å²) in [6.07, 6.45) is 2.08. The number of ether oxygens (including phenoxy) is 2. The summed E-state index contributed by atoms with van der Waals surface area (Å²) in [5.41, 5.74) is 0. The molecular weight excluding hydrogens is 399 g/mol. The van der Waals surface area contributed by atoms with E-state index >= 15 is 0 Å². The number of nitrogens with zero attached hydrogens (tertiary/aromatic N) is 2. The second kappa shape index (κ2) is 9.43. The van der Waals surface area contributed by atoms with Crippen LogP contribution in [0.1, 0.15) is 13.3 Å². The minimum Gasteiger partial charge on any atom is -0.539 e. The van der Waals surface area contributed by atoms with Crippen LogP contribution in [0, 0.1) is 0 Å². The van der Waals surface area contributed by atoms with Gasteiger partial charge in [0.1, 0.15) is 25.1 Å². The number of aliphatic carboxylic acids is 2. The molecule has 1 N–H and O–H groups in total. The fraction of sp³-hybridized carbons (Fsp3) is 0.429. The van der Waals surface area contributed by atoms with Crippen LogP contribution >= 0.6 is 0 Å². The highest BCUT2D eigenvalue weighted by atomic mass is 16.8. The molecule has 14 nitrogen and oxygen atoms in total. The molecule has 1 aromatic heterocycles. The quantitative estimate of drug-likeness (QED) is 0.197. The second-order valence-corrected chi connectivity index (χ2v) is 5.46. The topological polar surface area (TPSA) is 184 Å². The van der Waals surface area contributed by atoms with Crippen LogP contribution in [0.3, 0.4) is 0 Å². The van der Waals surface area contributed by atoms with Gasteiger partial charge in [0.15, 0.2) is 5.97 Å². The average Bonchev–Trinajstić information content (AvgIpc) is 3.25. The van der Waals surface area contributed by atoms with Crippen molar-refractivity contribution in [3.05, 3.63) is 12.4 Å². The van der Waals surface area contributed by atoms with Crippen LogP contribution in [0.15, 0.2) is 12.4 Å². The molecule has 156 valence electrons. The Morgan fingerprint density at radius 3 is 2.59 bits per heavy atom. The number of carboxylic acid groups (broad SMARTS) is 2. The molecule has 1 unspecified atom stereocenters. The highest BCUT2D eigenvalue weighted by Gasteiger charge is 2.41. The van der Waals surface area contributed by atoms with Crippen molar-refractivity contribution >= 4 is 37.4 Å². The molecule has 2 heterocycles. The van der Waals surface area contributed by atoms with E-state index in [9.17, 15) is 29.1 Å². The van der Waals surface area contributed by atoms with Gasteiger partial charge in [-0.25, -0.2) is 19.2 Å². The molecule has 1 saturated heterocycles. The molecule has 0 radical (unpaired) electrons. The molecule has 0 aromatic carbocycles. The van der Waals surface area contributed by atoms with E-state index in [1.165, 1.54) is 15.3 Å². The molecule has 1 atom stereocenters. The van der Waals surface area contributed by atoms with E-state index < -0.39 is 43.5 Å². The molecule has 29 heavy (non-hydrogen) atoms. The van der Waals surface area contributed by atoms with Gasteiger partial charge in [0, 0.05) is 6.42 Å². The lowest BCUT2D eigenvalue weighted by Gasteiger charge is -2.13. The molecule has 1 aliphatic heterocycles. The predicted octanol–water partition coefficient (Wildman–Crippen LogP) is -2.99. The second-order valence-electron chi connectivity index (χ2n) is 5.46. The summed E-state index contributed by atoms with van der Waals surface area (Å²) in [7, 11) is -2.32. The number of aryl methyl sites for hydroxylation is 2. The highest BCUT2D eigenvalue weighted by molar-refractivity contribution is 6.50. The summed E-state index contributed by atoms with van der Waals surface area (Å²) in [5.74, 6) is -8.07. The Morgan fingerprint density at radius 1 is 1.34 bits per heavy atom. The number of imidazole rings is 1. The van der Waals surface area contributed by atoms with Gasteiger partial charge in [0.25, 0.3) is 0 Å². The van der Waals surface area contributed by atoms with Crippen molar-refractivity contribution in [1.29, 1.82) is 0 Å². The maximum absolute atomic E-state index is 11.3. The summed E-state index contributed by atoms with van der Waals surface area (Å²) in [4.78, 5) is 54.7. The van der Waals surface area contributed by atoms with Crippen LogP contribution in [0.4, 0.5) is 4.79 Å². The molecule has 0 saturated carbocycles. The van der Waals surface area contributed by atoms with Gasteiger partial charge < -0.3 is 38.4 Å². The molecule has 0 aliphatic carbocycles. The standard InChI is InChI=1S/C14H15BN2O12/c1-2-16-5-6-17(4-3-8-7-25-14(24)26-8)13(16)29-15(27-11(22)9(18)19)28-12(23)10(20)21/h5-6,8H,2-4,7H2,1H3,(H-,18,19,20,21). The lowest BCUT2D eigenvalue weighted by atomic mass is 10.2. The molecule has 0 bridgehead atoms. The van der Waals surface area contributed by atoms with Gasteiger partial charge in [0.2, 0.25) is 0 Å². The van der Waals surface area contributed by atoms with Crippen LogP contribution in [-0.2, 0) is 51.1 Å². The number of carboxylic acids is 2. The van der Waals surface area contributed by atoms with Gasteiger partial charge in [-0.05, 0) is 6.92 Å². The zero-order chi connectivity index (χ0) is 21.6. The Labute approximate surface area is 162 Å². The van der Waals surface area contributed by atoms with Crippen molar-refractivity contribution in [2.24, 2.45) is 0 Å². The summed E-state index contributed by atoms with van der Waals surface area (Å²) in [6.45, 7) is 2.32.